The van der Waals surface area contributed by atoms with Gasteiger partial charge in [0.15, 0.2) is 5.82 Å². The van der Waals surface area contributed by atoms with E-state index in [1.54, 1.807) is 12.1 Å². The summed E-state index contributed by atoms with van der Waals surface area (Å²) in [4.78, 5) is 11.5. The number of aromatic nitrogens is 3. The van der Waals surface area contributed by atoms with Gasteiger partial charge in [0.25, 0.3) is 0 Å². The van der Waals surface area contributed by atoms with Crippen LogP contribution in [0, 0.1) is 0 Å². The third-order valence-electron chi connectivity index (χ3n) is 1.94. The molecule has 1 aromatic carbocycles. The highest BCUT2D eigenvalue weighted by atomic mass is 79.9. The number of halogens is 2. The van der Waals surface area contributed by atoms with Crippen LogP contribution in [0.1, 0.15) is 0 Å². The summed E-state index contributed by atoms with van der Waals surface area (Å²) in [7, 11) is 0. The predicted molar refractivity (Wildman–Crippen MR) is 71.2 cm³/mol. The summed E-state index contributed by atoms with van der Waals surface area (Å²) in [5.41, 5.74) is 11.4. The molecule has 0 bridgehead atoms. The molecule has 6 nitrogen and oxygen atoms in total. The molecule has 0 aliphatic carbocycles. The Labute approximate surface area is 113 Å². The van der Waals surface area contributed by atoms with Gasteiger partial charge in [-0.3, -0.25) is 0 Å². The molecule has 0 atom stereocenters. The van der Waals surface area contributed by atoms with Crippen LogP contribution < -0.4 is 11.5 Å². The van der Waals surface area contributed by atoms with E-state index in [0.29, 0.717) is 10.0 Å². The lowest BCUT2D eigenvalue weighted by Gasteiger charge is -2.07. The van der Waals surface area contributed by atoms with Crippen molar-refractivity contribution in [2.24, 2.45) is 0 Å². The Morgan fingerprint density at radius 2 is 1.59 bits per heavy atom. The number of rotatable bonds is 1. The highest BCUT2D eigenvalue weighted by Gasteiger charge is 2.13. The van der Waals surface area contributed by atoms with E-state index < -0.39 is 0 Å². The van der Waals surface area contributed by atoms with Gasteiger partial charge in [-0.1, -0.05) is 15.9 Å². The fourth-order valence-corrected chi connectivity index (χ4v) is 2.49. The Bertz CT molecular complexity index is 570. The standard InChI is InChI=1S/C9H7Br2N5O/c10-3-1-4(6(17)5(11)2-3)7-14-8(12)16-9(13)15-7/h1-2,17H,(H4,12,13,14,15,16). The maximum Gasteiger partial charge on any atom is 0.225 e. The quantitative estimate of drug-likeness (QED) is 0.716. The van der Waals surface area contributed by atoms with Crippen LogP contribution in [0.4, 0.5) is 11.9 Å². The Kier molecular flexibility index (Phi) is 3.16. The van der Waals surface area contributed by atoms with E-state index in [2.05, 4.69) is 46.8 Å². The zero-order valence-corrected chi connectivity index (χ0v) is 11.5. The van der Waals surface area contributed by atoms with Crippen molar-refractivity contribution in [1.82, 2.24) is 15.0 Å². The highest BCUT2D eigenvalue weighted by Crippen LogP contribution is 2.36. The number of hydrogen-bond donors (Lipinski definition) is 3. The third kappa shape index (κ3) is 2.47. The monoisotopic (exact) mass is 359 g/mol. The maximum atomic E-state index is 9.91. The molecule has 0 saturated carbocycles. The van der Waals surface area contributed by atoms with Crippen molar-refractivity contribution < 1.29 is 5.11 Å². The van der Waals surface area contributed by atoms with Crippen LogP contribution in [0.25, 0.3) is 11.4 Å². The number of nitrogen functional groups attached to an aromatic ring is 2. The first-order valence-electron chi connectivity index (χ1n) is 4.43. The molecule has 0 spiro atoms. The highest BCUT2D eigenvalue weighted by molar-refractivity contribution is 9.11. The number of hydrogen-bond acceptors (Lipinski definition) is 6. The SMILES string of the molecule is Nc1nc(N)nc(-c2cc(Br)cc(Br)c2O)n1. The average Bonchev–Trinajstić information content (AvgIpc) is 2.22. The van der Waals surface area contributed by atoms with Gasteiger partial charge in [-0.2, -0.15) is 15.0 Å². The summed E-state index contributed by atoms with van der Waals surface area (Å²) < 4.78 is 1.27. The van der Waals surface area contributed by atoms with Gasteiger partial charge in [0, 0.05) is 4.47 Å². The lowest BCUT2D eigenvalue weighted by Crippen LogP contribution is -2.04. The molecule has 2 rings (SSSR count). The number of anilines is 2. The molecule has 8 heteroatoms. The predicted octanol–water partition coefficient (Wildman–Crippen LogP) is 1.93. The molecular formula is C9H7Br2N5O. The summed E-state index contributed by atoms with van der Waals surface area (Å²) >= 11 is 6.52. The number of nitrogens with zero attached hydrogens (tertiary/aromatic N) is 3. The van der Waals surface area contributed by atoms with Crippen molar-refractivity contribution in [1.29, 1.82) is 0 Å². The summed E-state index contributed by atoms with van der Waals surface area (Å²) in [5.74, 6) is 0.235. The molecule has 0 unspecified atom stereocenters. The Balaban J connectivity index is 2.67. The topological polar surface area (TPSA) is 111 Å². The second-order valence-electron chi connectivity index (χ2n) is 3.16. The first kappa shape index (κ1) is 12.1. The van der Waals surface area contributed by atoms with Crippen LogP contribution in [-0.4, -0.2) is 20.1 Å². The summed E-state index contributed by atoms with van der Waals surface area (Å²) in [6.07, 6.45) is 0. The van der Waals surface area contributed by atoms with Gasteiger partial charge in [-0.05, 0) is 28.1 Å². The van der Waals surface area contributed by atoms with Crippen molar-refractivity contribution in [3.63, 3.8) is 0 Å². The number of nitrogens with two attached hydrogens (primary N) is 2. The van der Waals surface area contributed by atoms with E-state index in [0.717, 1.165) is 4.47 Å². The van der Waals surface area contributed by atoms with Crippen molar-refractivity contribution in [2.45, 2.75) is 0 Å². The zero-order valence-electron chi connectivity index (χ0n) is 8.35. The van der Waals surface area contributed by atoms with Gasteiger partial charge < -0.3 is 16.6 Å². The first-order chi connectivity index (χ1) is 7.97. The molecule has 0 amide bonds. The molecule has 1 heterocycles. The van der Waals surface area contributed by atoms with Crippen molar-refractivity contribution in [3.8, 4) is 17.1 Å². The van der Waals surface area contributed by atoms with Gasteiger partial charge >= 0.3 is 0 Å². The Hall–Kier alpha value is -1.41. The zero-order chi connectivity index (χ0) is 12.6. The van der Waals surface area contributed by atoms with Gasteiger partial charge in [0.05, 0.1) is 10.0 Å². The van der Waals surface area contributed by atoms with Gasteiger partial charge in [0.1, 0.15) is 5.75 Å². The summed E-state index contributed by atoms with van der Waals surface area (Å²) in [5, 5.41) is 9.91. The molecule has 2 aromatic rings. The fraction of sp³-hybridized carbons (Fsp3) is 0. The lowest BCUT2D eigenvalue weighted by molar-refractivity contribution is 0.473. The molecular weight excluding hydrogens is 354 g/mol. The largest absolute Gasteiger partial charge is 0.506 e. The molecule has 0 radical (unpaired) electrons. The molecule has 17 heavy (non-hydrogen) atoms. The van der Waals surface area contributed by atoms with Crippen LogP contribution in [0.5, 0.6) is 5.75 Å². The van der Waals surface area contributed by atoms with Crippen molar-refractivity contribution in [2.75, 3.05) is 11.5 Å². The molecule has 0 saturated heterocycles. The van der Waals surface area contributed by atoms with Crippen LogP contribution >= 0.6 is 31.9 Å². The van der Waals surface area contributed by atoms with E-state index >= 15 is 0 Å². The number of phenolic OH excluding ortho intramolecular Hbond substituents is 1. The Morgan fingerprint density at radius 3 is 2.18 bits per heavy atom. The van der Waals surface area contributed by atoms with Crippen LogP contribution in [-0.2, 0) is 0 Å². The average molecular weight is 361 g/mol. The molecule has 0 aliphatic rings. The number of benzene rings is 1. The van der Waals surface area contributed by atoms with E-state index in [1.807, 2.05) is 0 Å². The van der Waals surface area contributed by atoms with E-state index in [-0.39, 0.29) is 23.5 Å². The van der Waals surface area contributed by atoms with Crippen molar-refractivity contribution >= 4 is 43.8 Å². The summed E-state index contributed by atoms with van der Waals surface area (Å²) in [6, 6.07) is 3.36. The summed E-state index contributed by atoms with van der Waals surface area (Å²) in [6.45, 7) is 0. The minimum absolute atomic E-state index is 0.00278. The van der Waals surface area contributed by atoms with Gasteiger partial charge in [0.2, 0.25) is 11.9 Å². The van der Waals surface area contributed by atoms with Crippen LogP contribution in [0.15, 0.2) is 21.1 Å². The first-order valence-corrected chi connectivity index (χ1v) is 6.01. The normalized spacial score (nSPS) is 10.5. The smallest absolute Gasteiger partial charge is 0.225 e. The Morgan fingerprint density at radius 1 is 1.00 bits per heavy atom. The second kappa shape index (κ2) is 4.46. The van der Waals surface area contributed by atoms with Crippen LogP contribution in [0.2, 0.25) is 0 Å². The van der Waals surface area contributed by atoms with E-state index in [9.17, 15) is 5.11 Å². The van der Waals surface area contributed by atoms with Gasteiger partial charge in [-0.25, -0.2) is 0 Å². The maximum absolute atomic E-state index is 9.91. The minimum Gasteiger partial charge on any atom is -0.506 e. The van der Waals surface area contributed by atoms with Crippen molar-refractivity contribution in [3.05, 3.63) is 21.1 Å². The molecule has 1 aromatic heterocycles. The minimum atomic E-state index is 0.00278. The molecule has 88 valence electrons. The van der Waals surface area contributed by atoms with E-state index in [4.69, 9.17) is 11.5 Å². The molecule has 0 aliphatic heterocycles. The van der Waals surface area contributed by atoms with Gasteiger partial charge in [-0.15, -0.1) is 0 Å². The number of phenols is 1. The molecule has 0 fully saturated rings. The van der Waals surface area contributed by atoms with E-state index in [1.165, 1.54) is 0 Å². The van der Waals surface area contributed by atoms with Crippen LogP contribution in [0.3, 0.4) is 0 Å². The lowest BCUT2D eigenvalue weighted by atomic mass is 10.2. The third-order valence-corrected chi connectivity index (χ3v) is 3.00. The number of aromatic hydroxyl groups is 1. The fourth-order valence-electron chi connectivity index (χ4n) is 1.27. The second-order valence-corrected chi connectivity index (χ2v) is 4.93. The molecule has 5 N–H and O–H groups in total.